The van der Waals surface area contributed by atoms with Gasteiger partial charge in [-0.1, -0.05) is 28.1 Å². The Labute approximate surface area is 165 Å². The van der Waals surface area contributed by atoms with Crippen molar-refractivity contribution >= 4 is 27.7 Å². The minimum Gasteiger partial charge on any atom is -0.485 e. The van der Waals surface area contributed by atoms with Crippen LogP contribution in [0.5, 0.6) is 5.75 Å². The van der Waals surface area contributed by atoms with Crippen LogP contribution in [0, 0.1) is 5.92 Å². The zero-order valence-corrected chi connectivity index (χ0v) is 16.1. The quantitative estimate of drug-likeness (QED) is 0.630. The summed E-state index contributed by atoms with van der Waals surface area (Å²) in [5, 5.41) is 2.92. The molecule has 0 bridgehead atoms. The van der Waals surface area contributed by atoms with Gasteiger partial charge in [0.2, 0.25) is 5.91 Å². The van der Waals surface area contributed by atoms with Crippen LogP contribution in [0.1, 0.15) is 23.5 Å². The molecule has 5 nitrogen and oxygen atoms in total. The molecular weight excluding hydrogens is 406 g/mol. The molecule has 1 amide bonds. The van der Waals surface area contributed by atoms with Gasteiger partial charge >= 0.3 is 0 Å². The van der Waals surface area contributed by atoms with Crippen molar-refractivity contribution in [1.82, 2.24) is 9.97 Å². The molecule has 0 spiro atoms. The Kier molecular flexibility index (Phi) is 5.16. The number of hydrogen-bond donors (Lipinski definition) is 1. The molecule has 2 atom stereocenters. The van der Waals surface area contributed by atoms with Crippen molar-refractivity contribution in [2.75, 3.05) is 5.32 Å². The largest absolute Gasteiger partial charge is 0.485 e. The summed E-state index contributed by atoms with van der Waals surface area (Å²) in [7, 11) is 0. The van der Waals surface area contributed by atoms with Crippen LogP contribution in [-0.2, 0) is 11.4 Å². The van der Waals surface area contributed by atoms with E-state index in [2.05, 4.69) is 43.3 Å². The van der Waals surface area contributed by atoms with E-state index in [0.717, 1.165) is 16.5 Å². The van der Waals surface area contributed by atoms with Crippen LogP contribution >= 0.6 is 15.9 Å². The van der Waals surface area contributed by atoms with E-state index in [1.54, 1.807) is 24.7 Å². The highest BCUT2D eigenvalue weighted by atomic mass is 79.9. The number of nitrogens with zero attached hydrogens (tertiary/aromatic N) is 2. The number of hydrogen-bond acceptors (Lipinski definition) is 4. The standard InChI is InChI=1S/C21H18BrN3O2/c22-16-5-3-15(4-6-16)17-12-18(17)21(26)25-20-19(2-1-9-24-20)27-13-14-7-10-23-11-8-14/h1-11,17-18H,12-13H2,(H,24,25,26). The van der Waals surface area contributed by atoms with E-state index < -0.39 is 0 Å². The molecule has 1 aliphatic rings. The highest BCUT2D eigenvalue weighted by molar-refractivity contribution is 9.10. The maximum absolute atomic E-state index is 12.6. The van der Waals surface area contributed by atoms with Crippen LogP contribution in [0.3, 0.4) is 0 Å². The van der Waals surface area contributed by atoms with Gasteiger partial charge in [0.05, 0.1) is 0 Å². The highest BCUT2D eigenvalue weighted by Crippen LogP contribution is 2.48. The Balaban J connectivity index is 1.39. The molecule has 0 saturated heterocycles. The first kappa shape index (κ1) is 17.7. The van der Waals surface area contributed by atoms with Crippen molar-refractivity contribution in [2.24, 2.45) is 5.92 Å². The maximum atomic E-state index is 12.6. The molecular formula is C21H18BrN3O2. The van der Waals surface area contributed by atoms with E-state index in [1.807, 2.05) is 30.3 Å². The minimum absolute atomic E-state index is 0.0182. The van der Waals surface area contributed by atoms with Gasteiger partial charge in [0.25, 0.3) is 0 Å². The molecule has 1 N–H and O–H groups in total. The monoisotopic (exact) mass is 423 g/mol. The molecule has 1 aromatic carbocycles. The van der Waals surface area contributed by atoms with Gasteiger partial charge < -0.3 is 10.1 Å². The molecule has 1 fully saturated rings. The fourth-order valence-electron chi connectivity index (χ4n) is 3.01. The summed E-state index contributed by atoms with van der Waals surface area (Å²) < 4.78 is 6.88. The van der Waals surface area contributed by atoms with Gasteiger partial charge in [-0.2, -0.15) is 0 Å². The lowest BCUT2D eigenvalue weighted by atomic mass is 10.1. The first-order valence-electron chi connectivity index (χ1n) is 8.74. The number of carbonyl (C=O) groups excluding carboxylic acids is 1. The number of ether oxygens (including phenoxy) is 1. The summed E-state index contributed by atoms with van der Waals surface area (Å²) in [5.41, 5.74) is 2.19. The maximum Gasteiger partial charge on any atom is 0.229 e. The smallest absolute Gasteiger partial charge is 0.229 e. The Morgan fingerprint density at radius 3 is 2.67 bits per heavy atom. The number of pyridine rings is 2. The van der Waals surface area contributed by atoms with Crippen LogP contribution < -0.4 is 10.1 Å². The molecule has 6 heteroatoms. The molecule has 3 aromatic rings. The van der Waals surface area contributed by atoms with Gasteiger partial charge in [0.1, 0.15) is 6.61 Å². The average molecular weight is 424 g/mol. The average Bonchev–Trinajstić information content (AvgIpc) is 3.50. The molecule has 2 heterocycles. The van der Waals surface area contributed by atoms with Crippen molar-refractivity contribution in [2.45, 2.75) is 18.9 Å². The SMILES string of the molecule is O=C(Nc1ncccc1OCc1ccncc1)C1CC1c1ccc(Br)cc1. The Morgan fingerprint density at radius 1 is 1.11 bits per heavy atom. The molecule has 2 aromatic heterocycles. The molecule has 1 saturated carbocycles. The normalized spacial score (nSPS) is 18.0. The van der Waals surface area contributed by atoms with Crippen molar-refractivity contribution in [3.8, 4) is 5.75 Å². The van der Waals surface area contributed by atoms with E-state index in [1.165, 1.54) is 5.56 Å². The van der Waals surface area contributed by atoms with Crippen LogP contribution in [0.15, 0.2) is 71.6 Å². The first-order chi connectivity index (χ1) is 13.2. The number of rotatable bonds is 6. The van der Waals surface area contributed by atoms with Crippen molar-refractivity contribution < 1.29 is 9.53 Å². The van der Waals surface area contributed by atoms with Gasteiger partial charge in [0, 0.05) is 29.0 Å². The number of benzene rings is 1. The predicted octanol–water partition coefficient (Wildman–Crippen LogP) is 4.56. The lowest BCUT2D eigenvalue weighted by Gasteiger charge is -2.11. The second kappa shape index (κ2) is 7.88. The van der Waals surface area contributed by atoms with Gasteiger partial charge in [0.15, 0.2) is 11.6 Å². The number of anilines is 1. The zero-order chi connectivity index (χ0) is 18.6. The molecule has 0 radical (unpaired) electrons. The Hall–Kier alpha value is -2.73. The van der Waals surface area contributed by atoms with E-state index in [-0.39, 0.29) is 17.7 Å². The molecule has 4 rings (SSSR count). The molecule has 2 unspecified atom stereocenters. The van der Waals surface area contributed by atoms with E-state index >= 15 is 0 Å². The summed E-state index contributed by atoms with van der Waals surface area (Å²) >= 11 is 3.44. The zero-order valence-electron chi connectivity index (χ0n) is 14.5. The van der Waals surface area contributed by atoms with Gasteiger partial charge in [-0.05, 0) is 59.9 Å². The lowest BCUT2D eigenvalue weighted by Crippen LogP contribution is -2.16. The highest BCUT2D eigenvalue weighted by Gasteiger charge is 2.44. The topological polar surface area (TPSA) is 64.1 Å². The first-order valence-corrected chi connectivity index (χ1v) is 9.53. The van der Waals surface area contributed by atoms with Crippen LogP contribution in [-0.4, -0.2) is 15.9 Å². The summed E-state index contributed by atoms with van der Waals surface area (Å²) in [6.07, 6.45) is 5.95. The number of amides is 1. The summed E-state index contributed by atoms with van der Waals surface area (Å²) in [6.45, 7) is 0.391. The van der Waals surface area contributed by atoms with Crippen molar-refractivity contribution in [3.05, 3.63) is 82.7 Å². The fraction of sp³-hybridized carbons (Fsp3) is 0.190. The summed E-state index contributed by atoms with van der Waals surface area (Å²) in [6, 6.07) is 15.5. The molecule has 0 aliphatic heterocycles. The molecule has 27 heavy (non-hydrogen) atoms. The number of nitrogens with one attached hydrogen (secondary N) is 1. The molecule has 1 aliphatic carbocycles. The van der Waals surface area contributed by atoms with Gasteiger partial charge in [-0.15, -0.1) is 0 Å². The third-order valence-corrected chi connectivity index (χ3v) is 5.11. The number of aromatic nitrogens is 2. The summed E-state index contributed by atoms with van der Waals surface area (Å²) in [5.74, 6) is 1.24. The lowest BCUT2D eigenvalue weighted by molar-refractivity contribution is -0.117. The van der Waals surface area contributed by atoms with Crippen LogP contribution in [0.2, 0.25) is 0 Å². The Bertz CT molecular complexity index is 932. The van der Waals surface area contributed by atoms with E-state index in [4.69, 9.17) is 4.74 Å². The second-order valence-corrected chi connectivity index (χ2v) is 7.40. The fourth-order valence-corrected chi connectivity index (χ4v) is 3.28. The number of carbonyl (C=O) groups is 1. The Morgan fingerprint density at radius 2 is 1.89 bits per heavy atom. The second-order valence-electron chi connectivity index (χ2n) is 6.48. The third-order valence-electron chi connectivity index (χ3n) is 4.58. The van der Waals surface area contributed by atoms with Gasteiger partial charge in [-0.25, -0.2) is 4.98 Å². The number of halogens is 1. The van der Waals surface area contributed by atoms with Crippen LogP contribution in [0.25, 0.3) is 0 Å². The molecule has 136 valence electrons. The minimum atomic E-state index is -0.0266. The predicted molar refractivity (Wildman–Crippen MR) is 106 cm³/mol. The van der Waals surface area contributed by atoms with E-state index in [0.29, 0.717) is 18.2 Å². The van der Waals surface area contributed by atoms with E-state index in [9.17, 15) is 4.79 Å². The van der Waals surface area contributed by atoms with Crippen molar-refractivity contribution in [3.63, 3.8) is 0 Å². The van der Waals surface area contributed by atoms with Crippen molar-refractivity contribution in [1.29, 1.82) is 0 Å². The van der Waals surface area contributed by atoms with Gasteiger partial charge in [-0.3, -0.25) is 9.78 Å². The summed E-state index contributed by atoms with van der Waals surface area (Å²) in [4.78, 5) is 20.9. The van der Waals surface area contributed by atoms with Crippen LogP contribution in [0.4, 0.5) is 5.82 Å². The third kappa shape index (κ3) is 4.34.